The van der Waals surface area contributed by atoms with Crippen molar-refractivity contribution in [3.8, 4) is 11.1 Å². The number of anilines is 2. The van der Waals surface area contributed by atoms with E-state index >= 15 is 0 Å². The van der Waals surface area contributed by atoms with Crippen molar-refractivity contribution < 1.29 is 9.59 Å². The molecule has 0 aliphatic heterocycles. The molecule has 0 bridgehead atoms. The highest BCUT2D eigenvalue weighted by Crippen LogP contribution is 2.20. The molecule has 0 aromatic heterocycles. The van der Waals surface area contributed by atoms with Crippen LogP contribution in [0.1, 0.15) is 17.3 Å². The zero-order chi connectivity index (χ0) is 17.6. The third-order valence-corrected chi connectivity index (χ3v) is 3.72. The molecule has 0 radical (unpaired) electrons. The lowest BCUT2D eigenvalue weighted by Gasteiger charge is -2.08. The predicted molar refractivity (Wildman–Crippen MR) is 101 cm³/mol. The Morgan fingerprint density at radius 2 is 1.16 bits per heavy atom. The zero-order valence-corrected chi connectivity index (χ0v) is 13.8. The fraction of sp³-hybridized carbons (Fsp3) is 0.0476. The number of hydrogen-bond donors (Lipinski definition) is 2. The largest absolute Gasteiger partial charge is 0.326 e. The van der Waals surface area contributed by atoms with E-state index in [1.807, 2.05) is 54.6 Å². The average molecular weight is 330 g/mol. The van der Waals surface area contributed by atoms with Crippen LogP contribution in [0.25, 0.3) is 11.1 Å². The molecule has 3 rings (SSSR count). The summed E-state index contributed by atoms with van der Waals surface area (Å²) in [6, 6.07) is 24.5. The summed E-state index contributed by atoms with van der Waals surface area (Å²) in [5, 5.41) is 5.53. The second-order valence-electron chi connectivity index (χ2n) is 5.66. The molecule has 0 spiro atoms. The van der Waals surface area contributed by atoms with Crippen molar-refractivity contribution >= 4 is 23.2 Å². The Hall–Kier alpha value is -3.40. The molecule has 0 aliphatic carbocycles. The number of carbonyl (C=O) groups excluding carboxylic acids is 2. The van der Waals surface area contributed by atoms with Gasteiger partial charge in [0.15, 0.2) is 0 Å². The van der Waals surface area contributed by atoms with Gasteiger partial charge in [-0.3, -0.25) is 9.59 Å². The molecule has 0 saturated carbocycles. The first-order chi connectivity index (χ1) is 12.1. The summed E-state index contributed by atoms with van der Waals surface area (Å²) >= 11 is 0. The fourth-order valence-corrected chi connectivity index (χ4v) is 2.49. The standard InChI is InChI=1S/C21H18N2O2/c1-15(24)22-19-11-13-20(14-12-19)23-21(25)18-9-7-17(8-10-18)16-5-3-2-4-6-16/h2-14H,1H3,(H,22,24)(H,23,25). The second-order valence-corrected chi connectivity index (χ2v) is 5.66. The minimum absolute atomic E-state index is 0.129. The number of nitrogens with one attached hydrogen (secondary N) is 2. The average Bonchev–Trinajstić information content (AvgIpc) is 2.64. The predicted octanol–water partition coefficient (Wildman–Crippen LogP) is 4.56. The molecule has 25 heavy (non-hydrogen) atoms. The van der Waals surface area contributed by atoms with E-state index in [2.05, 4.69) is 10.6 Å². The van der Waals surface area contributed by atoms with Crippen molar-refractivity contribution in [3.63, 3.8) is 0 Å². The van der Waals surface area contributed by atoms with Gasteiger partial charge in [0.25, 0.3) is 5.91 Å². The van der Waals surface area contributed by atoms with Crippen LogP contribution in [-0.2, 0) is 4.79 Å². The van der Waals surface area contributed by atoms with Gasteiger partial charge in [-0.05, 0) is 47.5 Å². The highest BCUT2D eigenvalue weighted by Gasteiger charge is 2.07. The van der Waals surface area contributed by atoms with Gasteiger partial charge >= 0.3 is 0 Å². The summed E-state index contributed by atoms with van der Waals surface area (Å²) in [5.41, 5.74) is 4.13. The Morgan fingerprint density at radius 1 is 0.640 bits per heavy atom. The van der Waals surface area contributed by atoms with E-state index in [9.17, 15) is 9.59 Å². The molecular formula is C21H18N2O2. The van der Waals surface area contributed by atoms with Gasteiger partial charge in [-0.15, -0.1) is 0 Å². The molecule has 4 nitrogen and oxygen atoms in total. The van der Waals surface area contributed by atoms with Crippen molar-refractivity contribution in [2.24, 2.45) is 0 Å². The van der Waals surface area contributed by atoms with E-state index in [1.165, 1.54) is 6.92 Å². The third kappa shape index (κ3) is 4.32. The highest BCUT2D eigenvalue weighted by atomic mass is 16.2. The monoisotopic (exact) mass is 330 g/mol. The van der Waals surface area contributed by atoms with Gasteiger partial charge in [0.2, 0.25) is 5.91 Å². The van der Waals surface area contributed by atoms with Gasteiger partial charge in [0.1, 0.15) is 0 Å². The number of amides is 2. The quantitative estimate of drug-likeness (QED) is 0.736. The SMILES string of the molecule is CC(=O)Nc1ccc(NC(=O)c2ccc(-c3ccccc3)cc2)cc1. The summed E-state index contributed by atoms with van der Waals surface area (Å²) < 4.78 is 0. The number of carbonyl (C=O) groups is 2. The topological polar surface area (TPSA) is 58.2 Å². The summed E-state index contributed by atoms with van der Waals surface area (Å²) in [4.78, 5) is 23.4. The lowest BCUT2D eigenvalue weighted by molar-refractivity contribution is -0.114. The summed E-state index contributed by atoms with van der Waals surface area (Å²) in [7, 11) is 0. The van der Waals surface area contributed by atoms with Gasteiger partial charge in [0, 0.05) is 23.9 Å². The Labute approximate surface area is 146 Å². The Kier molecular flexibility index (Phi) is 4.90. The van der Waals surface area contributed by atoms with Crippen LogP contribution in [0.2, 0.25) is 0 Å². The molecule has 0 unspecified atom stereocenters. The van der Waals surface area contributed by atoms with Crippen LogP contribution < -0.4 is 10.6 Å². The Bertz CT molecular complexity index is 870. The Morgan fingerprint density at radius 3 is 1.72 bits per heavy atom. The fourth-order valence-electron chi connectivity index (χ4n) is 2.49. The molecule has 0 aliphatic rings. The van der Waals surface area contributed by atoms with Gasteiger partial charge in [-0.1, -0.05) is 42.5 Å². The summed E-state index contributed by atoms with van der Waals surface area (Å²) in [6.45, 7) is 1.45. The molecule has 0 atom stereocenters. The van der Waals surface area contributed by atoms with E-state index in [-0.39, 0.29) is 11.8 Å². The number of benzene rings is 3. The van der Waals surface area contributed by atoms with Crippen molar-refractivity contribution in [3.05, 3.63) is 84.4 Å². The van der Waals surface area contributed by atoms with Crippen LogP contribution in [0, 0.1) is 0 Å². The molecule has 3 aromatic carbocycles. The van der Waals surface area contributed by atoms with Gasteiger partial charge in [-0.2, -0.15) is 0 Å². The van der Waals surface area contributed by atoms with Crippen LogP contribution in [0.15, 0.2) is 78.9 Å². The maximum Gasteiger partial charge on any atom is 0.255 e. The van der Waals surface area contributed by atoms with Gasteiger partial charge in [-0.25, -0.2) is 0 Å². The van der Waals surface area contributed by atoms with E-state index in [0.717, 1.165) is 11.1 Å². The molecule has 0 fully saturated rings. The lowest BCUT2D eigenvalue weighted by atomic mass is 10.0. The zero-order valence-electron chi connectivity index (χ0n) is 13.8. The molecule has 0 heterocycles. The molecule has 124 valence electrons. The lowest BCUT2D eigenvalue weighted by Crippen LogP contribution is -2.12. The maximum atomic E-state index is 12.3. The Balaban J connectivity index is 1.68. The summed E-state index contributed by atoms with van der Waals surface area (Å²) in [6.07, 6.45) is 0. The normalized spacial score (nSPS) is 10.1. The van der Waals surface area contributed by atoms with E-state index in [1.54, 1.807) is 24.3 Å². The molecule has 2 N–H and O–H groups in total. The second kappa shape index (κ2) is 7.45. The van der Waals surface area contributed by atoms with Crippen LogP contribution in [0.5, 0.6) is 0 Å². The number of hydrogen-bond acceptors (Lipinski definition) is 2. The first-order valence-corrected chi connectivity index (χ1v) is 7.96. The first-order valence-electron chi connectivity index (χ1n) is 7.96. The smallest absolute Gasteiger partial charge is 0.255 e. The van der Waals surface area contributed by atoms with Gasteiger partial charge < -0.3 is 10.6 Å². The van der Waals surface area contributed by atoms with Crippen molar-refractivity contribution in [1.29, 1.82) is 0 Å². The van der Waals surface area contributed by atoms with Crippen LogP contribution in [0.3, 0.4) is 0 Å². The minimum atomic E-state index is -0.174. The maximum absolute atomic E-state index is 12.3. The van der Waals surface area contributed by atoms with Crippen molar-refractivity contribution in [1.82, 2.24) is 0 Å². The van der Waals surface area contributed by atoms with E-state index < -0.39 is 0 Å². The molecule has 4 heteroatoms. The van der Waals surface area contributed by atoms with E-state index in [0.29, 0.717) is 16.9 Å². The summed E-state index contributed by atoms with van der Waals surface area (Å²) in [5.74, 6) is -0.304. The molecule has 0 saturated heterocycles. The number of rotatable bonds is 4. The molecular weight excluding hydrogens is 312 g/mol. The third-order valence-electron chi connectivity index (χ3n) is 3.72. The molecule has 2 amide bonds. The van der Waals surface area contributed by atoms with Crippen LogP contribution in [-0.4, -0.2) is 11.8 Å². The van der Waals surface area contributed by atoms with Crippen LogP contribution >= 0.6 is 0 Å². The van der Waals surface area contributed by atoms with Crippen LogP contribution in [0.4, 0.5) is 11.4 Å². The minimum Gasteiger partial charge on any atom is -0.326 e. The highest BCUT2D eigenvalue weighted by molar-refractivity contribution is 6.04. The van der Waals surface area contributed by atoms with Crippen molar-refractivity contribution in [2.75, 3.05) is 10.6 Å². The van der Waals surface area contributed by atoms with E-state index in [4.69, 9.17) is 0 Å². The van der Waals surface area contributed by atoms with Crippen molar-refractivity contribution in [2.45, 2.75) is 6.92 Å². The first kappa shape index (κ1) is 16.5. The van der Waals surface area contributed by atoms with Gasteiger partial charge in [0.05, 0.1) is 0 Å². The molecule has 3 aromatic rings.